The number of benzene rings is 2. The first kappa shape index (κ1) is 18.7. The fourth-order valence-electron chi connectivity index (χ4n) is 2.64. The maximum absolute atomic E-state index is 13.0. The summed E-state index contributed by atoms with van der Waals surface area (Å²) in [6.45, 7) is 0. The number of hydrogen-bond acceptors (Lipinski definition) is 7. The highest BCUT2D eigenvalue weighted by Gasteiger charge is 2.14. The van der Waals surface area contributed by atoms with Crippen molar-refractivity contribution in [2.75, 3.05) is 5.75 Å². The van der Waals surface area contributed by atoms with Gasteiger partial charge in [-0.3, -0.25) is 14.9 Å². The minimum atomic E-state index is -0.469. The number of nitro benzene ring substituents is 1. The first-order valence-electron chi connectivity index (χ1n) is 8.40. The van der Waals surface area contributed by atoms with Crippen molar-refractivity contribution >= 4 is 28.9 Å². The van der Waals surface area contributed by atoms with Gasteiger partial charge < -0.3 is 0 Å². The SMILES string of the molecule is O=C(CSc1nnc2ccc(-c3cccc([N+](=O)[O-])c3)nn12)c1ccc(F)cc1. The molecule has 0 aliphatic heterocycles. The van der Waals surface area contributed by atoms with Crippen LogP contribution in [-0.2, 0) is 0 Å². The van der Waals surface area contributed by atoms with Crippen LogP contribution >= 0.6 is 11.8 Å². The first-order valence-corrected chi connectivity index (χ1v) is 9.39. The molecule has 8 nitrogen and oxygen atoms in total. The van der Waals surface area contributed by atoms with Crippen LogP contribution in [0.1, 0.15) is 10.4 Å². The van der Waals surface area contributed by atoms with Gasteiger partial charge in [0.1, 0.15) is 5.82 Å². The summed E-state index contributed by atoms with van der Waals surface area (Å²) >= 11 is 1.15. The van der Waals surface area contributed by atoms with Gasteiger partial charge in [0.2, 0.25) is 5.16 Å². The molecule has 0 saturated carbocycles. The Bertz CT molecular complexity index is 1230. The molecule has 0 atom stereocenters. The van der Waals surface area contributed by atoms with Gasteiger partial charge in [0.05, 0.1) is 16.4 Å². The molecule has 0 spiro atoms. The minimum absolute atomic E-state index is 0.0346. The highest BCUT2D eigenvalue weighted by molar-refractivity contribution is 7.99. The second-order valence-corrected chi connectivity index (χ2v) is 6.94. The molecule has 2 aromatic heterocycles. The zero-order valence-corrected chi connectivity index (χ0v) is 15.5. The van der Waals surface area contributed by atoms with E-state index < -0.39 is 10.7 Å². The van der Waals surface area contributed by atoms with Gasteiger partial charge in [0, 0.05) is 23.3 Å². The Hall–Kier alpha value is -3.66. The summed E-state index contributed by atoms with van der Waals surface area (Å²) in [5.41, 5.74) is 1.93. The van der Waals surface area contributed by atoms with Gasteiger partial charge in [-0.05, 0) is 36.4 Å². The normalized spacial score (nSPS) is 10.9. The molecule has 0 unspecified atom stereocenters. The van der Waals surface area contributed by atoms with Crippen molar-refractivity contribution in [3.63, 3.8) is 0 Å². The van der Waals surface area contributed by atoms with E-state index >= 15 is 0 Å². The second-order valence-electron chi connectivity index (χ2n) is 6.00. The van der Waals surface area contributed by atoms with E-state index in [-0.39, 0.29) is 17.2 Å². The summed E-state index contributed by atoms with van der Waals surface area (Å²) in [5, 5.41) is 23.9. The molecule has 0 amide bonds. The van der Waals surface area contributed by atoms with Gasteiger partial charge in [0.25, 0.3) is 5.69 Å². The maximum atomic E-state index is 13.0. The molecule has 0 aliphatic carbocycles. The average molecular weight is 409 g/mol. The predicted octanol–water partition coefficient (Wildman–Crippen LogP) is 3.81. The molecule has 144 valence electrons. The molecular formula is C19H12FN5O3S. The fraction of sp³-hybridized carbons (Fsp3) is 0.0526. The number of non-ortho nitro benzene ring substituents is 1. The van der Waals surface area contributed by atoms with Crippen molar-refractivity contribution in [1.29, 1.82) is 0 Å². The fourth-order valence-corrected chi connectivity index (χ4v) is 3.42. The molecule has 0 fully saturated rings. The number of Topliss-reactive ketones (excluding diaryl/α,β-unsaturated/α-hetero) is 1. The molecule has 0 saturated heterocycles. The topological polar surface area (TPSA) is 103 Å². The molecular weight excluding hydrogens is 397 g/mol. The molecule has 0 N–H and O–H groups in total. The van der Waals surface area contributed by atoms with E-state index in [9.17, 15) is 19.3 Å². The van der Waals surface area contributed by atoms with Crippen LogP contribution in [0.5, 0.6) is 0 Å². The minimum Gasteiger partial charge on any atom is -0.293 e. The van der Waals surface area contributed by atoms with Crippen molar-refractivity contribution in [2.24, 2.45) is 0 Å². The molecule has 2 heterocycles. The maximum Gasteiger partial charge on any atom is 0.270 e. The van der Waals surface area contributed by atoms with Crippen molar-refractivity contribution in [3.8, 4) is 11.3 Å². The number of thioether (sulfide) groups is 1. The van der Waals surface area contributed by atoms with Crippen molar-refractivity contribution in [2.45, 2.75) is 5.16 Å². The number of aromatic nitrogens is 4. The van der Waals surface area contributed by atoms with Gasteiger partial charge in [-0.15, -0.1) is 10.2 Å². The molecule has 29 heavy (non-hydrogen) atoms. The van der Waals surface area contributed by atoms with E-state index in [2.05, 4.69) is 15.3 Å². The van der Waals surface area contributed by atoms with Crippen LogP contribution in [0.25, 0.3) is 16.9 Å². The van der Waals surface area contributed by atoms with Crippen LogP contribution in [0, 0.1) is 15.9 Å². The largest absolute Gasteiger partial charge is 0.293 e. The van der Waals surface area contributed by atoms with Crippen LogP contribution in [0.3, 0.4) is 0 Å². The van der Waals surface area contributed by atoms with E-state index in [1.165, 1.54) is 40.9 Å². The standard InChI is InChI=1S/C19H12FN5O3S/c20-14-6-4-12(5-7-14)17(26)11-29-19-22-21-18-9-8-16(23-24(18)19)13-2-1-3-15(10-13)25(27)28/h1-10H,11H2. The average Bonchev–Trinajstić information content (AvgIpc) is 3.15. The van der Waals surface area contributed by atoms with Crippen molar-refractivity contribution in [3.05, 3.63) is 82.2 Å². The number of fused-ring (bicyclic) bond motifs is 1. The molecule has 2 aromatic carbocycles. The number of carbonyl (C=O) groups is 1. The summed E-state index contributed by atoms with van der Waals surface area (Å²) in [7, 11) is 0. The molecule has 0 bridgehead atoms. The van der Waals surface area contributed by atoms with Crippen LogP contribution in [-0.4, -0.2) is 36.3 Å². The van der Waals surface area contributed by atoms with E-state index in [0.717, 1.165) is 11.8 Å². The summed E-state index contributed by atoms with van der Waals surface area (Å²) in [4.78, 5) is 22.8. The summed E-state index contributed by atoms with van der Waals surface area (Å²) in [5.74, 6) is -0.507. The monoisotopic (exact) mass is 409 g/mol. The highest BCUT2D eigenvalue weighted by atomic mass is 32.2. The third-order valence-corrected chi connectivity index (χ3v) is 5.00. The van der Waals surface area contributed by atoms with Crippen LogP contribution in [0.2, 0.25) is 0 Å². The zero-order chi connectivity index (χ0) is 20.4. The molecule has 0 radical (unpaired) electrons. The Balaban J connectivity index is 1.59. The van der Waals surface area contributed by atoms with Gasteiger partial charge in [0.15, 0.2) is 11.4 Å². The quantitative estimate of drug-likeness (QED) is 0.206. The predicted molar refractivity (Wildman–Crippen MR) is 104 cm³/mol. The Kier molecular flexibility index (Phi) is 5.00. The second kappa shape index (κ2) is 7.76. The zero-order valence-electron chi connectivity index (χ0n) is 14.7. The molecule has 0 aliphatic rings. The van der Waals surface area contributed by atoms with Crippen LogP contribution in [0.4, 0.5) is 10.1 Å². The van der Waals surface area contributed by atoms with Crippen LogP contribution in [0.15, 0.2) is 65.8 Å². The van der Waals surface area contributed by atoms with E-state index in [0.29, 0.717) is 27.6 Å². The Morgan fingerprint density at radius 3 is 2.66 bits per heavy atom. The Morgan fingerprint density at radius 2 is 1.90 bits per heavy atom. The van der Waals surface area contributed by atoms with Gasteiger partial charge in [-0.25, -0.2) is 4.39 Å². The number of rotatable bonds is 6. The lowest BCUT2D eigenvalue weighted by Crippen LogP contribution is -2.04. The van der Waals surface area contributed by atoms with Crippen molar-refractivity contribution in [1.82, 2.24) is 19.8 Å². The van der Waals surface area contributed by atoms with E-state index in [1.807, 2.05) is 0 Å². The highest BCUT2D eigenvalue weighted by Crippen LogP contribution is 2.24. The van der Waals surface area contributed by atoms with E-state index in [1.54, 1.807) is 24.3 Å². The lowest BCUT2D eigenvalue weighted by molar-refractivity contribution is -0.384. The summed E-state index contributed by atoms with van der Waals surface area (Å²) in [6, 6.07) is 14.9. The number of halogens is 1. The third-order valence-electron chi connectivity index (χ3n) is 4.09. The van der Waals surface area contributed by atoms with E-state index in [4.69, 9.17) is 0 Å². The third kappa shape index (κ3) is 3.97. The number of nitro groups is 1. The Labute approximate surface area is 167 Å². The summed E-state index contributed by atoms with van der Waals surface area (Å²) < 4.78 is 14.5. The first-order chi connectivity index (χ1) is 14.0. The number of nitrogens with zero attached hydrogens (tertiary/aromatic N) is 5. The number of hydrogen-bond donors (Lipinski definition) is 0. The molecule has 4 aromatic rings. The molecule has 10 heteroatoms. The van der Waals surface area contributed by atoms with Gasteiger partial charge in [-0.1, -0.05) is 23.9 Å². The number of ketones is 1. The number of carbonyl (C=O) groups excluding carboxylic acids is 1. The van der Waals surface area contributed by atoms with Crippen LogP contribution < -0.4 is 0 Å². The van der Waals surface area contributed by atoms with Crippen molar-refractivity contribution < 1.29 is 14.1 Å². The lowest BCUT2D eigenvalue weighted by Gasteiger charge is -2.03. The molecule has 4 rings (SSSR count). The summed E-state index contributed by atoms with van der Waals surface area (Å²) in [6.07, 6.45) is 0. The lowest BCUT2D eigenvalue weighted by atomic mass is 10.1. The smallest absolute Gasteiger partial charge is 0.270 e. The van der Waals surface area contributed by atoms with Gasteiger partial charge in [-0.2, -0.15) is 9.61 Å². The Morgan fingerprint density at radius 1 is 1.10 bits per heavy atom. The van der Waals surface area contributed by atoms with Gasteiger partial charge >= 0.3 is 0 Å².